The first kappa shape index (κ1) is 12.0. The number of benzene rings is 1. The Morgan fingerprint density at radius 3 is 2.72 bits per heavy atom. The number of halogens is 1. The lowest BCUT2D eigenvalue weighted by atomic mass is 10.0. The summed E-state index contributed by atoms with van der Waals surface area (Å²) in [6.45, 7) is 0. The first-order valence-corrected chi connectivity index (χ1v) is 5.15. The molecule has 0 atom stereocenters. The number of rotatable bonds is 3. The molecule has 0 spiro atoms. The lowest BCUT2D eigenvalue weighted by Crippen LogP contribution is -1.98. The molecule has 0 aliphatic rings. The summed E-state index contributed by atoms with van der Waals surface area (Å²) < 4.78 is 18.8. The number of ether oxygens (including phenoxy) is 1. The highest BCUT2D eigenvalue weighted by atomic mass is 19.1. The average molecular weight is 247 g/mol. The maximum Gasteiger partial charge on any atom is 0.335 e. The Hall–Kier alpha value is -2.43. The van der Waals surface area contributed by atoms with Crippen LogP contribution in [0.2, 0.25) is 0 Å². The first-order chi connectivity index (χ1) is 8.61. The number of aromatic nitrogens is 1. The standard InChI is InChI=1S/C13H10FNO3/c1-18-12-7-8(4-5-15-12)10-3-2-9(13(16)17)6-11(10)14/h2-7H,1H3,(H,16,17). The van der Waals surface area contributed by atoms with Crippen LogP contribution < -0.4 is 4.74 Å². The summed E-state index contributed by atoms with van der Waals surface area (Å²) >= 11 is 0. The molecule has 0 fully saturated rings. The fraction of sp³-hybridized carbons (Fsp3) is 0.0769. The summed E-state index contributed by atoms with van der Waals surface area (Å²) in [4.78, 5) is 14.6. The number of hydrogen-bond acceptors (Lipinski definition) is 3. The predicted octanol–water partition coefficient (Wildman–Crippen LogP) is 2.59. The number of carbonyl (C=O) groups is 1. The quantitative estimate of drug-likeness (QED) is 0.905. The van der Waals surface area contributed by atoms with Crippen LogP contribution in [0.1, 0.15) is 10.4 Å². The maximum atomic E-state index is 13.8. The SMILES string of the molecule is COc1cc(-c2ccc(C(=O)O)cc2F)ccn1. The van der Waals surface area contributed by atoms with Crippen molar-refractivity contribution >= 4 is 5.97 Å². The van der Waals surface area contributed by atoms with Crippen LogP contribution in [0, 0.1) is 5.82 Å². The minimum absolute atomic E-state index is 0.0859. The molecule has 0 amide bonds. The number of aromatic carboxylic acids is 1. The van der Waals surface area contributed by atoms with Gasteiger partial charge >= 0.3 is 5.97 Å². The van der Waals surface area contributed by atoms with E-state index in [0.717, 1.165) is 6.07 Å². The van der Waals surface area contributed by atoms with Crippen molar-refractivity contribution in [3.05, 3.63) is 47.9 Å². The van der Waals surface area contributed by atoms with E-state index in [-0.39, 0.29) is 5.56 Å². The Bertz CT molecular complexity index is 599. The summed E-state index contributed by atoms with van der Waals surface area (Å²) in [6.07, 6.45) is 1.50. The van der Waals surface area contributed by atoms with Crippen LogP contribution in [-0.2, 0) is 0 Å². The molecule has 4 nitrogen and oxygen atoms in total. The molecule has 2 aromatic rings. The van der Waals surface area contributed by atoms with E-state index < -0.39 is 11.8 Å². The predicted molar refractivity (Wildman–Crippen MR) is 63.1 cm³/mol. The van der Waals surface area contributed by atoms with Crippen molar-refractivity contribution < 1.29 is 19.0 Å². The summed E-state index contributed by atoms with van der Waals surface area (Å²) in [5.41, 5.74) is 0.800. The van der Waals surface area contributed by atoms with Gasteiger partial charge in [-0.2, -0.15) is 0 Å². The van der Waals surface area contributed by atoms with Gasteiger partial charge in [0.05, 0.1) is 12.7 Å². The summed E-state index contributed by atoms with van der Waals surface area (Å²) in [7, 11) is 1.47. The molecule has 92 valence electrons. The van der Waals surface area contributed by atoms with Crippen molar-refractivity contribution in [1.29, 1.82) is 0 Å². The molecular weight excluding hydrogens is 237 g/mol. The molecule has 0 aliphatic heterocycles. The van der Waals surface area contributed by atoms with Crippen LogP contribution in [0.5, 0.6) is 5.88 Å². The third-order valence-electron chi connectivity index (χ3n) is 2.47. The molecule has 1 aromatic heterocycles. The lowest BCUT2D eigenvalue weighted by Gasteiger charge is -2.06. The Balaban J connectivity index is 2.47. The van der Waals surface area contributed by atoms with Gasteiger partial charge in [-0.15, -0.1) is 0 Å². The van der Waals surface area contributed by atoms with E-state index in [1.807, 2.05) is 0 Å². The largest absolute Gasteiger partial charge is 0.481 e. The van der Waals surface area contributed by atoms with E-state index >= 15 is 0 Å². The zero-order chi connectivity index (χ0) is 13.1. The van der Waals surface area contributed by atoms with E-state index in [2.05, 4.69) is 4.98 Å². The van der Waals surface area contributed by atoms with E-state index in [9.17, 15) is 9.18 Å². The number of carboxylic acids is 1. The minimum Gasteiger partial charge on any atom is -0.481 e. The van der Waals surface area contributed by atoms with E-state index in [0.29, 0.717) is 17.0 Å². The van der Waals surface area contributed by atoms with Gasteiger partial charge in [-0.1, -0.05) is 6.07 Å². The molecular formula is C13H10FNO3. The Morgan fingerprint density at radius 2 is 2.11 bits per heavy atom. The molecule has 0 saturated carbocycles. The van der Waals surface area contributed by atoms with Gasteiger partial charge in [-0.05, 0) is 23.8 Å². The molecule has 1 N–H and O–H groups in total. The molecule has 0 radical (unpaired) electrons. The van der Waals surface area contributed by atoms with Gasteiger partial charge in [0.25, 0.3) is 0 Å². The zero-order valence-corrected chi connectivity index (χ0v) is 9.55. The zero-order valence-electron chi connectivity index (χ0n) is 9.55. The van der Waals surface area contributed by atoms with Crippen LogP contribution in [-0.4, -0.2) is 23.2 Å². The molecule has 5 heteroatoms. The van der Waals surface area contributed by atoms with Gasteiger partial charge in [0, 0.05) is 17.8 Å². The van der Waals surface area contributed by atoms with Gasteiger partial charge < -0.3 is 9.84 Å². The van der Waals surface area contributed by atoms with Gasteiger partial charge in [0.1, 0.15) is 5.82 Å². The van der Waals surface area contributed by atoms with Crippen molar-refractivity contribution in [3.63, 3.8) is 0 Å². The molecule has 0 unspecified atom stereocenters. The highest BCUT2D eigenvalue weighted by Crippen LogP contribution is 2.25. The Morgan fingerprint density at radius 1 is 1.33 bits per heavy atom. The fourth-order valence-electron chi connectivity index (χ4n) is 1.57. The number of carboxylic acid groups (broad SMARTS) is 1. The normalized spacial score (nSPS) is 10.1. The lowest BCUT2D eigenvalue weighted by molar-refractivity contribution is 0.0696. The van der Waals surface area contributed by atoms with E-state index in [1.54, 1.807) is 12.1 Å². The van der Waals surface area contributed by atoms with Crippen LogP contribution in [0.3, 0.4) is 0 Å². The molecule has 1 heterocycles. The summed E-state index contributed by atoms with van der Waals surface area (Å²) in [6, 6.07) is 6.98. The van der Waals surface area contributed by atoms with Crippen LogP contribution in [0.15, 0.2) is 36.5 Å². The number of nitrogens with zero attached hydrogens (tertiary/aromatic N) is 1. The average Bonchev–Trinajstić information content (AvgIpc) is 2.38. The Labute approximate surface area is 103 Å². The molecule has 2 rings (SSSR count). The van der Waals surface area contributed by atoms with Crippen molar-refractivity contribution in [3.8, 4) is 17.0 Å². The highest BCUT2D eigenvalue weighted by Gasteiger charge is 2.10. The van der Waals surface area contributed by atoms with Crippen LogP contribution >= 0.6 is 0 Å². The van der Waals surface area contributed by atoms with Gasteiger partial charge in [-0.3, -0.25) is 0 Å². The molecule has 0 aliphatic carbocycles. The van der Waals surface area contributed by atoms with Gasteiger partial charge in [0.2, 0.25) is 5.88 Å². The number of pyridine rings is 1. The highest BCUT2D eigenvalue weighted by molar-refractivity contribution is 5.88. The second-order valence-electron chi connectivity index (χ2n) is 3.59. The topological polar surface area (TPSA) is 59.4 Å². The molecule has 0 saturated heterocycles. The van der Waals surface area contributed by atoms with Gasteiger partial charge in [-0.25, -0.2) is 14.2 Å². The number of methoxy groups -OCH3 is 1. The first-order valence-electron chi connectivity index (χ1n) is 5.15. The second kappa shape index (κ2) is 4.83. The third-order valence-corrected chi connectivity index (χ3v) is 2.47. The molecule has 18 heavy (non-hydrogen) atoms. The fourth-order valence-corrected chi connectivity index (χ4v) is 1.57. The Kier molecular flexibility index (Phi) is 3.23. The molecule has 0 bridgehead atoms. The second-order valence-corrected chi connectivity index (χ2v) is 3.59. The van der Waals surface area contributed by atoms with E-state index in [4.69, 9.17) is 9.84 Å². The van der Waals surface area contributed by atoms with Crippen molar-refractivity contribution in [2.75, 3.05) is 7.11 Å². The monoisotopic (exact) mass is 247 g/mol. The van der Waals surface area contributed by atoms with Crippen molar-refractivity contribution in [2.45, 2.75) is 0 Å². The van der Waals surface area contributed by atoms with Crippen molar-refractivity contribution in [1.82, 2.24) is 4.98 Å². The maximum absolute atomic E-state index is 13.8. The van der Waals surface area contributed by atoms with Crippen LogP contribution in [0.25, 0.3) is 11.1 Å². The summed E-state index contributed by atoms with van der Waals surface area (Å²) in [5, 5.41) is 8.76. The minimum atomic E-state index is -1.16. The summed E-state index contributed by atoms with van der Waals surface area (Å²) in [5.74, 6) is -1.38. The third kappa shape index (κ3) is 2.29. The van der Waals surface area contributed by atoms with Gasteiger partial charge in [0.15, 0.2) is 0 Å². The van der Waals surface area contributed by atoms with Crippen LogP contribution in [0.4, 0.5) is 4.39 Å². The van der Waals surface area contributed by atoms with E-state index in [1.165, 1.54) is 25.4 Å². The van der Waals surface area contributed by atoms with Crippen molar-refractivity contribution in [2.24, 2.45) is 0 Å². The molecule has 1 aromatic carbocycles. The number of hydrogen-bond donors (Lipinski definition) is 1. The smallest absolute Gasteiger partial charge is 0.335 e.